The summed E-state index contributed by atoms with van der Waals surface area (Å²) >= 11 is 0. The van der Waals surface area contributed by atoms with Crippen molar-refractivity contribution in [1.29, 1.82) is 0 Å². The summed E-state index contributed by atoms with van der Waals surface area (Å²) in [5.74, 6) is 0. The molecule has 150 valence electrons. The van der Waals surface area contributed by atoms with Crippen LogP contribution >= 0.6 is 0 Å². The fraction of sp³-hybridized carbons (Fsp3) is 0.320. The molecule has 1 N–H and O–H groups in total. The van der Waals surface area contributed by atoms with Crippen molar-refractivity contribution in [2.45, 2.75) is 26.4 Å². The average molecular weight is 387 g/mol. The molecular weight excluding hydrogens is 356 g/mol. The number of nitrogens with zero attached hydrogens (tertiary/aromatic N) is 3. The maximum Gasteiger partial charge on any atom is 0.0711 e. The molecule has 0 aliphatic carbocycles. The number of benzene rings is 2. The molecule has 0 radical (unpaired) electrons. The predicted octanol–water partition coefficient (Wildman–Crippen LogP) is 4.59. The van der Waals surface area contributed by atoms with Crippen molar-refractivity contribution in [3.8, 4) is 0 Å². The summed E-state index contributed by atoms with van der Waals surface area (Å²) in [6.45, 7) is 5.91. The zero-order valence-electron chi connectivity index (χ0n) is 17.7. The third-order valence-electron chi connectivity index (χ3n) is 5.42. The van der Waals surface area contributed by atoms with E-state index < -0.39 is 0 Å². The van der Waals surface area contributed by atoms with Gasteiger partial charge < -0.3 is 14.8 Å². The Balaban J connectivity index is 1.67. The molecule has 4 aromatic rings. The largest absolute Gasteiger partial charge is 0.334 e. The van der Waals surface area contributed by atoms with Gasteiger partial charge in [0.1, 0.15) is 0 Å². The highest BCUT2D eigenvalue weighted by molar-refractivity contribution is 6.08. The van der Waals surface area contributed by atoms with Gasteiger partial charge in [0, 0.05) is 29.4 Å². The highest BCUT2D eigenvalue weighted by Crippen LogP contribution is 2.31. The van der Waals surface area contributed by atoms with E-state index in [4.69, 9.17) is 4.98 Å². The molecule has 4 nitrogen and oxygen atoms in total. The van der Waals surface area contributed by atoms with Crippen molar-refractivity contribution < 1.29 is 0 Å². The smallest absolute Gasteiger partial charge is 0.0711 e. The van der Waals surface area contributed by atoms with E-state index in [9.17, 15) is 0 Å². The van der Waals surface area contributed by atoms with Crippen LogP contribution in [0, 0.1) is 6.92 Å². The maximum atomic E-state index is 4.94. The number of hydrogen-bond acceptors (Lipinski definition) is 3. The third-order valence-corrected chi connectivity index (χ3v) is 5.42. The number of hydrogen-bond donors (Lipinski definition) is 1. The Morgan fingerprint density at radius 2 is 1.72 bits per heavy atom. The lowest BCUT2D eigenvalue weighted by Crippen LogP contribution is -2.21. The number of fused-ring (bicyclic) bond motifs is 3. The molecule has 29 heavy (non-hydrogen) atoms. The van der Waals surface area contributed by atoms with Crippen LogP contribution in [0.15, 0.2) is 60.7 Å². The Hall–Kier alpha value is -2.69. The molecule has 0 saturated heterocycles. The van der Waals surface area contributed by atoms with Gasteiger partial charge in [0.15, 0.2) is 0 Å². The number of rotatable bonds is 8. The molecule has 2 heterocycles. The summed E-state index contributed by atoms with van der Waals surface area (Å²) in [5.41, 5.74) is 6.03. The van der Waals surface area contributed by atoms with E-state index in [1.807, 2.05) is 0 Å². The second-order valence-corrected chi connectivity index (χ2v) is 8.02. The molecule has 2 aromatic carbocycles. The van der Waals surface area contributed by atoms with Crippen molar-refractivity contribution in [1.82, 2.24) is 19.8 Å². The van der Waals surface area contributed by atoms with E-state index in [0.717, 1.165) is 44.0 Å². The third kappa shape index (κ3) is 4.34. The normalized spacial score (nSPS) is 11.7. The number of nitrogens with one attached hydrogen (secondary N) is 1. The van der Waals surface area contributed by atoms with Gasteiger partial charge in [-0.2, -0.15) is 0 Å². The van der Waals surface area contributed by atoms with Crippen LogP contribution in [0.3, 0.4) is 0 Å². The SMILES string of the molecule is Cc1nc(CNCCCN(C)C)cc2c3ccccc3n(Cc3ccccc3)c12. The standard InChI is InChI=1S/C25H30N4/c1-19-25-23(16-21(27-19)17-26-14-9-15-28(2)3)22-12-7-8-13-24(22)29(25)18-20-10-5-4-6-11-20/h4-8,10-13,16,26H,9,14-15,17-18H2,1-3H3. The van der Waals surface area contributed by atoms with E-state index in [2.05, 4.69) is 96.5 Å². The van der Waals surface area contributed by atoms with Gasteiger partial charge in [-0.15, -0.1) is 0 Å². The number of aromatic nitrogens is 2. The number of aryl methyl sites for hydroxylation is 1. The van der Waals surface area contributed by atoms with Crippen LogP contribution < -0.4 is 5.32 Å². The van der Waals surface area contributed by atoms with Gasteiger partial charge in [-0.05, 0) is 58.2 Å². The topological polar surface area (TPSA) is 33.1 Å². The highest BCUT2D eigenvalue weighted by Gasteiger charge is 2.14. The van der Waals surface area contributed by atoms with Crippen LogP contribution in [-0.4, -0.2) is 41.6 Å². The van der Waals surface area contributed by atoms with Crippen molar-refractivity contribution in [2.24, 2.45) is 0 Å². The molecule has 2 aromatic heterocycles. The van der Waals surface area contributed by atoms with Crippen molar-refractivity contribution in [3.05, 3.63) is 77.6 Å². The average Bonchev–Trinajstić information content (AvgIpc) is 3.03. The van der Waals surface area contributed by atoms with Gasteiger partial charge in [-0.1, -0.05) is 48.5 Å². The summed E-state index contributed by atoms with van der Waals surface area (Å²) < 4.78 is 2.41. The first-order valence-electron chi connectivity index (χ1n) is 10.4. The van der Waals surface area contributed by atoms with Gasteiger partial charge in [-0.3, -0.25) is 4.98 Å². The van der Waals surface area contributed by atoms with Gasteiger partial charge in [0.05, 0.1) is 16.9 Å². The van der Waals surface area contributed by atoms with E-state index in [-0.39, 0.29) is 0 Å². The highest BCUT2D eigenvalue weighted by atomic mass is 15.1. The Morgan fingerprint density at radius 3 is 2.52 bits per heavy atom. The van der Waals surface area contributed by atoms with Gasteiger partial charge in [-0.25, -0.2) is 0 Å². The van der Waals surface area contributed by atoms with E-state index in [1.165, 1.54) is 27.4 Å². The molecule has 0 unspecified atom stereocenters. The first-order valence-corrected chi connectivity index (χ1v) is 10.4. The lowest BCUT2D eigenvalue weighted by atomic mass is 10.1. The Kier molecular flexibility index (Phi) is 5.93. The second kappa shape index (κ2) is 8.76. The fourth-order valence-electron chi connectivity index (χ4n) is 4.09. The van der Waals surface area contributed by atoms with E-state index in [1.54, 1.807) is 0 Å². The zero-order valence-corrected chi connectivity index (χ0v) is 17.7. The lowest BCUT2D eigenvalue weighted by molar-refractivity contribution is 0.394. The quantitative estimate of drug-likeness (QED) is 0.450. The molecule has 0 saturated carbocycles. The molecule has 4 heteroatoms. The van der Waals surface area contributed by atoms with Crippen LogP contribution in [0.2, 0.25) is 0 Å². The maximum absolute atomic E-state index is 4.94. The van der Waals surface area contributed by atoms with Gasteiger partial charge >= 0.3 is 0 Å². The minimum absolute atomic E-state index is 0.808. The monoisotopic (exact) mass is 386 g/mol. The van der Waals surface area contributed by atoms with Crippen LogP contribution in [0.4, 0.5) is 0 Å². The molecule has 0 aliphatic heterocycles. The molecule has 0 atom stereocenters. The van der Waals surface area contributed by atoms with Crippen LogP contribution in [-0.2, 0) is 13.1 Å². The Morgan fingerprint density at radius 1 is 0.966 bits per heavy atom. The summed E-state index contributed by atoms with van der Waals surface area (Å²) in [5, 5.41) is 6.15. The Labute approximate surface area is 173 Å². The lowest BCUT2D eigenvalue weighted by Gasteiger charge is -2.11. The second-order valence-electron chi connectivity index (χ2n) is 8.02. The molecule has 0 aliphatic rings. The van der Waals surface area contributed by atoms with Crippen LogP contribution in [0.25, 0.3) is 21.8 Å². The van der Waals surface area contributed by atoms with Gasteiger partial charge in [0.2, 0.25) is 0 Å². The van der Waals surface area contributed by atoms with Crippen molar-refractivity contribution >= 4 is 21.8 Å². The minimum Gasteiger partial charge on any atom is -0.334 e. The van der Waals surface area contributed by atoms with Gasteiger partial charge in [0.25, 0.3) is 0 Å². The summed E-state index contributed by atoms with van der Waals surface area (Å²) in [6, 6.07) is 21.6. The van der Waals surface area contributed by atoms with Crippen LogP contribution in [0.5, 0.6) is 0 Å². The predicted molar refractivity (Wildman–Crippen MR) is 122 cm³/mol. The molecule has 0 amide bonds. The first kappa shape index (κ1) is 19.6. The number of para-hydroxylation sites is 1. The van der Waals surface area contributed by atoms with Crippen LogP contribution in [0.1, 0.15) is 23.4 Å². The summed E-state index contributed by atoms with van der Waals surface area (Å²) in [6.07, 6.45) is 1.14. The molecular formula is C25H30N4. The molecule has 4 rings (SSSR count). The van der Waals surface area contributed by atoms with Crippen molar-refractivity contribution in [2.75, 3.05) is 27.2 Å². The zero-order chi connectivity index (χ0) is 20.2. The molecule has 0 fully saturated rings. The summed E-state index contributed by atoms with van der Waals surface area (Å²) in [7, 11) is 4.23. The first-order chi connectivity index (χ1) is 14.1. The number of pyridine rings is 1. The minimum atomic E-state index is 0.808. The molecule has 0 spiro atoms. The van der Waals surface area contributed by atoms with E-state index in [0.29, 0.717) is 0 Å². The Bertz CT molecular complexity index is 1100. The summed E-state index contributed by atoms with van der Waals surface area (Å²) in [4.78, 5) is 7.16. The molecule has 0 bridgehead atoms. The van der Waals surface area contributed by atoms with Crippen molar-refractivity contribution in [3.63, 3.8) is 0 Å². The van der Waals surface area contributed by atoms with E-state index >= 15 is 0 Å². The fourth-order valence-corrected chi connectivity index (χ4v) is 4.09.